The molecule has 0 atom stereocenters. The van der Waals surface area contributed by atoms with Crippen molar-refractivity contribution in [3.63, 3.8) is 0 Å². The van der Waals surface area contributed by atoms with Crippen LogP contribution in [0, 0.1) is 27.7 Å². The average molecular weight is 372 g/mol. The third-order valence-corrected chi connectivity index (χ3v) is 5.82. The molecule has 2 heterocycles. The fourth-order valence-corrected chi connectivity index (χ4v) is 3.70. The third kappa shape index (κ3) is 4.07. The Morgan fingerprint density at radius 2 is 1.77 bits per heavy atom. The Kier molecular flexibility index (Phi) is 5.63. The summed E-state index contributed by atoms with van der Waals surface area (Å²) >= 11 is 5.63. The smallest absolute Gasteiger partial charge is 0.173 e. The van der Waals surface area contributed by atoms with Crippen molar-refractivity contribution in [2.45, 2.75) is 34.2 Å². The minimum Gasteiger partial charge on any atom is -0.346 e. The molecule has 3 rings (SSSR count). The molecule has 26 heavy (non-hydrogen) atoms. The van der Waals surface area contributed by atoms with Gasteiger partial charge in [0.25, 0.3) is 0 Å². The molecule has 1 aromatic carbocycles. The summed E-state index contributed by atoms with van der Waals surface area (Å²) in [7, 11) is 2.01. The standard InChI is InChI=1S/C20H29N5S/c1-14-6-7-18(12-15(14)2)21-20(26)25-10-8-24(9-11-25)13-19-16(3)22-23(5)17(19)4/h6-7,12H,8-11,13H2,1-5H3,(H,21,26). The number of aromatic nitrogens is 2. The first-order valence-electron chi connectivity index (χ1n) is 9.19. The van der Waals surface area contributed by atoms with E-state index in [4.69, 9.17) is 12.2 Å². The van der Waals surface area contributed by atoms with Crippen molar-refractivity contribution >= 4 is 23.0 Å². The van der Waals surface area contributed by atoms with E-state index in [0.29, 0.717) is 0 Å². The average Bonchev–Trinajstić information content (AvgIpc) is 2.85. The van der Waals surface area contributed by atoms with Crippen LogP contribution in [0.15, 0.2) is 18.2 Å². The van der Waals surface area contributed by atoms with Crippen LogP contribution in [0.25, 0.3) is 0 Å². The summed E-state index contributed by atoms with van der Waals surface area (Å²) in [4.78, 5) is 4.76. The zero-order valence-corrected chi connectivity index (χ0v) is 17.3. The second-order valence-electron chi connectivity index (χ2n) is 7.27. The van der Waals surface area contributed by atoms with Crippen molar-refractivity contribution < 1.29 is 0 Å². The van der Waals surface area contributed by atoms with Gasteiger partial charge in [-0.25, -0.2) is 0 Å². The second kappa shape index (κ2) is 7.76. The highest BCUT2D eigenvalue weighted by Crippen LogP contribution is 2.18. The molecule has 140 valence electrons. The van der Waals surface area contributed by atoms with Gasteiger partial charge in [-0.15, -0.1) is 0 Å². The molecule has 0 bridgehead atoms. The fourth-order valence-electron chi connectivity index (χ4n) is 3.40. The molecule has 1 saturated heterocycles. The van der Waals surface area contributed by atoms with E-state index in [1.54, 1.807) is 0 Å². The van der Waals surface area contributed by atoms with Gasteiger partial charge in [0.15, 0.2) is 5.11 Å². The van der Waals surface area contributed by atoms with Crippen molar-refractivity contribution in [3.8, 4) is 0 Å². The Balaban J connectivity index is 1.54. The number of thiocarbonyl (C=S) groups is 1. The first-order chi connectivity index (χ1) is 12.3. The number of rotatable bonds is 3. The molecule has 0 amide bonds. The summed E-state index contributed by atoms with van der Waals surface area (Å²) in [5.74, 6) is 0. The summed E-state index contributed by atoms with van der Waals surface area (Å²) < 4.78 is 1.98. The number of nitrogens with zero attached hydrogens (tertiary/aromatic N) is 4. The fraction of sp³-hybridized carbons (Fsp3) is 0.500. The molecule has 5 nitrogen and oxygen atoms in total. The third-order valence-electron chi connectivity index (χ3n) is 5.46. The molecular weight excluding hydrogens is 342 g/mol. The van der Waals surface area contributed by atoms with E-state index in [9.17, 15) is 0 Å². The lowest BCUT2D eigenvalue weighted by molar-refractivity contribution is 0.176. The summed E-state index contributed by atoms with van der Waals surface area (Å²) in [5, 5.41) is 8.74. The summed E-state index contributed by atoms with van der Waals surface area (Å²) in [6.45, 7) is 13.4. The largest absolute Gasteiger partial charge is 0.346 e. The molecule has 0 radical (unpaired) electrons. The molecule has 1 aliphatic heterocycles. The van der Waals surface area contributed by atoms with E-state index in [2.05, 4.69) is 66.1 Å². The number of anilines is 1. The Morgan fingerprint density at radius 3 is 2.35 bits per heavy atom. The lowest BCUT2D eigenvalue weighted by Gasteiger charge is -2.36. The minimum atomic E-state index is 0.821. The molecule has 1 fully saturated rings. The molecular formula is C20H29N5S. The number of hydrogen-bond donors (Lipinski definition) is 1. The number of hydrogen-bond acceptors (Lipinski definition) is 3. The van der Waals surface area contributed by atoms with Crippen molar-refractivity contribution in [2.24, 2.45) is 7.05 Å². The van der Waals surface area contributed by atoms with Crippen molar-refractivity contribution in [1.82, 2.24) is 19.6 Å². The van der Waals surface area contributed by atoms with Crippen molar-refractivity contribution in [3.05, 3.63) is 46.3 Å². The maximum atomic E-state index is 5.63. The quantitative estimate of drug-likeness (QED) is 0.839. The molecule has 1 aromatic heterocycles. The van der Waals surface area contributed by atoms with E-state index in [1.807, 2.05) is 11.7 Å². The van der Waals surface area contributed by atoms with Gasteiger partial charge in [0, 0.05) is 56.7 Å². The number of benzene rings is 1. The predicted octanol–water partition coefficient (Wildman–Crippen LogP) is 3.17. The highest BCUT2D eigenvalue weighted by molar-refractivity contribution is 7.80. The van der Waals surface area contributed by atoms with Crippen LogP contribution in [0.1, 0.15) is 28.1 Å². The van der Waals surface area contributed by atoms with Gasteiger partial charge in [-0.2, -0.15) is 5.10 Å². The number of nitrogens with one attached hydrogen (secondary N) is 1. The molecule has 0 saturated carbocycles. The Labute approximate surface area is 162 Å². The van der Waals surface area contributed by atoms with Gasteiger partial charge in [0.1, 0.15) is 0 Å². The Morgan fingerprint density at radius 1 is 1.08 bits per heavy atom. The molecule has 6 heteroatoms. The Hall–Kier alpha value is -1.92. The second-order valence-corrected chi connectivity index (χ2v) is 7.65. The lowest BCUT2D eigenvalue weighted by atomic mass is 10.1. The van der Waals surface area contributed by atoms with Gasteiger partial charge in [-0.05, 0) is 63.2 Å². The molecule has 2 aromatic rings. The number of aryl methyl sites for hydroxylation is 4. The number of piperazine rings is 1. The highest BCUT2D eigenvalue weighted by Gasteiger charge is 2.21. The van der Waals surface area contributed by atoms with Gasteiger partial charge >= 0.3 is 0 Å². The van der Waals surface area contributed by atoms with Gasteiger partial charge < -0.3 is 10.2 Å². The molecule has 0 unspecified atom stereocenters. The summed E-state index contributed by atoms with van der Waals surface area (Å²) in [6.07, 6.45) is 0. The van der Waals surface area contributed by atoms with E-state index >= 15 is 0 Å². The monoisotopic (exact) mass is 371 g/mol. The topological polar surface area (TPSA) is 36.3 Å². The van der Waals surface area contributed by atoms with Crippen LogP contribution in [0.3, 0.4) is 0 Å². The Bertz CT molecular complexity index is 803. The van der Waals surface area contributed by atoms with Crippen LogP contribution in [0.2, 0.25) is 0 Å². The van der Waals surface area contributed by atoms with Gasteiger partial charge in [0.2, 0.25) is 0 Å². The van der Waals surface area contributed by atoms with Crippen LogP contribution >= 0.6 is 12.2 Å². The normalized spacial score (nSPS) is 15.3. The lowest BCUT2D eigenvalue weighted by Crippen LogP contribution is -2.49. The van der Waals surface area contributed by atoms with E-state index < -0.39 is 0 Å². The van der Waals surface area contributed by atoms with Crippen LogP contribution in [0.5, 0.6) is 0 Å². The summed E-state index contributed by atoms with van der Waals surface area (Å²) in [5.41, 5.74) is 7.41. The minimum absolute atomic E-state index is 0.821. The van der Waals surface area contributed by atoms with Gasteiger partial charge in [-0.1, -0.05) is 6.07 Å². The first kappa shape index (κ1) is 18.9. The van der Waals surface area contributed by atoms with Crippen LogP contribution in [-0.2, 0) is 13.6 Å². The maximum Gasteiger partial charge on any atom is 0.173 e. The van der Waals surface area contributed by atoms with E-state index in [0.717, 1.165) is 49.2 Å². The summed E-state index contributed by atoms with van der Waals surface area (Å²) in [6, 6.07) is 6.39. The molecule has 1 aliphatic rings. The van der Waals surface area contributed by atoms with E-state index in [1.165, 1.54) is 22.4 Å². The van der Waals surface area contributed by atoms with E-state index in [-0.39, 0.29) is 0 Å². The van der Waals surface area contributed by atoms with Gasteiger partial charge in [0.05, 0.1) is 5.69 Å². The predicted molar refractivity (Wildman–Crippen MR) is 112 cm³/mol. The molecule has 0 aliphatic carbocycles. The van der Waals surface area contributed by atoms with Crippen molar-refractivity contribution in [1.29, 1.82) is 0 Å². The SMILES string of the molecule is Cc1ccc(NC(=S)N2CCN(Cc3c(C)nn(C)c3C)CC2)cc1C. The van der Waals surface area contributed by atoms with Crippen LogP contribution in [-0.4, -0.2) is 50.9 Å². The van der Waals surface area contributed by atoms with Crippen LogP contribution in [0.4, 0.5) is 5.69 Å². The zero-order valence-electron chi connectivity index (χ0n) is 16.5. The maximum absolute atomic E-state index is 5.63. The first-order valence-corrected chi connectivity index (χ1v) is 9.60. The highest BCUT2D eigenvalue weighted by atomic mass is 32.1. The zero-order chi connectivity index (χ0) is 18.8. The molecule has 0 spiro atoms. The molecule has 1 N–H and O–H groups in total. The van der Waals surface area contributed by atoms with Crippen molar-refractivity contribution in [2.75, 3.05) is 31.5 Å². The van der Waals surface area contributed by atoms with Crippen LogP contribution < -0.4 is 5.32 Å². The van der Waals surface area contributed by atoms with Gasteiger partial charge in [-0.3, -0.25) is 9.58 Å².